The molecule has 0 unspecified atom stereocenters. The van der Waals surface area contributed by atoms with Crippen LogP contribution in [-0.2, 0) is 5.54 Å². The van der Waals surface area contributed by atoms with Crippen LogP contribution in [0.25, 0.3) is 0 Å². The number of anilines is 1. The molecule has 1 saturated heterocycles. The van der Waals surface area contributed by atoms with Gasteiger partial charge >= 0.3 is 0 Å². The summed E-state index contributed by atoms with van der Waals surface area (Å²) >= 11 is 0. The summed E-state index contributed by atoms with van der Waals surface area (Å²) in [5, 5.41) is 0. The molecule has 2 rings (SSSR count). The normalized spacial score (nSPS) is 18.4. The van der Waals surface area contributed by atoms with Crippen LogP contribution in [0.4, 0.5) is 5.69 Å². The van der Waals surface area contributed by atoms with Crippen LogP contribution in [-0.4, -0.2) is 38.0 Å². The van der Waals surface area contributed by atoms with E-state index in [9.17, 15) is 0 Å². The van der Waals surface area contributed by atoms with E-state index in [1.807, 2.05) is 25.1 Å². The van der Waals surface area contributed by atoms with Crippen LogP contribution < -0.4 is 10.6 Å². The predicted octanol–water partition coefficient (Wildman–Crippen LogP) is 3.34. The summed E-state index contributed by atoms with van der Waals surface area (Å²) in [6, 6.07) is 8.73. The molecule has 0 saturated carbocycles. The van der Waals surface area contributed by atoms with Crippen LogP contribution in [0.3, 0.4) is 0 Å². The zero-order chi connectivity index (χ0) is 16.9. The van der Waals surface area contributed by atoms with Gasteiger partial charge in [0.2, 0.25) is 0 Å². The molecule has 1 aromatic rings. The first-order chi connectivity index (χ1) is 11.0. The monoisotopic (exact) mass is 314 g/mol. The van der Waals surface area contributed by atoms with E-state index in [4.69, 9.17) is 10.7 Å². The minimum absolute atomic E-state index is 0.387. The summed E-state index contributed by atoms with van der Waals surface area (Å²) < 4.78 is 0. The summed E-state index contributed by atoms with van der Waals surface area (Å²) in [7, 11) is 3.83. The van der Waals surface area contributed by atoms with Crippen LogP contribution in [0.15, 0.2) is 41.9 Å². The third-order valence-corrected chi connectivity index (χ3v) is 4.55. The first kappa shape index (κ1) is 17.4. The first-order valence-corrected chi connectivity index (χ1v) is 8.45. The topological polar surface area (TPSA) is 44.9 Å². The Bertz CT molecular complexity index is 558. The molecule has 0 aromatic heterocycles. The number of hydrogen-bond acceptors (Lipinski definition) is 2. The third kappa shape index (κ3) is 4.27. The molecule has 1 aliphatic heterocycles. The molecule has 0 amide bonds. The molecule has 4 heteroatoms. The van der Waals surface area contributed by atoms with Crippen molar-refractivity contribution in [3.8, 4) is 0 Å². The molecular weight excluding hydrogens is 284 g/mol. The number of aliphatic imine (C=N–C) groups is 1. The number of piperidine rings is 1. The van der Waals surface area contributed by atoms with Gasteiger partial charge in [-0.3, -0.25) is 0 Å². The van der Waals surface area contributed by atoms with Gasteiger partial charge in [0, 0.05) is 32.9 Å². The van der Waals surface area contributed by atoms with Gasteiger partial charge in [-0.05, 0) is 50.3 Å². The number of guanidine groups is 1. The first-order valence-electron chi connectivity index (χ1n) is 8.45. The van der Waals surface area contributed by atoms with Crippen molar-refractivity contribution < 1.29 is 0 Å². The minimum Gasteiger partial charge on any atom is -0.372 e. The Morgan fingerprint density at radius 2 is 2.04 bits per heavy atom. The Morgan fingerprint density at radius 1 is 1.35 bits per heavy atom. The maximum atomic E-state index is 6.08. The van der Waals surface area contributed by atoms with Gasteiger partial charge in [0.05, 0.1) is 5.54 Å². The van der Waals surface area contributed by atoms with Gasteiger partial charge in [-0.1, -0.05) is 18.2 Å². The van der Waals surface area contributed by atoms with Crippen molar-refractivity contribution in [3.63, 3.8) is 0 Å². The quantitative estimate of drug-likeness (QED) is 0.515. The van der Waals surface area contributed by atoms with Crippen molar-refractivity contribution in [3.05, 3.63) is 42.5 Å². The third-order valence-electron chi connectivity index (χ3n) is 4.55. The van der Waals surface area contributed by atoms with E-state index in [0.717, 1.165) is 19.5 Å². The van der Waals surface area contributed by atoms with E-state index in [0.29, 0.717) is 5.96 Å². The Morgan fingerprint density at radius 3 is 2.65 bits per heavy atom. The van der Waals surface area contributed by atoms with Gasteiger partial charge < -0.3 is 15.5 Å². The zero-order valence-corrected chi connectivity index (χ0v) is 14.8. The van der Waals surface area contributed by atoms with E-state index in [-0.39, 0.29) is 5.54 Å². The van der Waals surface area contributed by atoms with Crippen LogP contribution >= 0.6 is 0 Å². The van der Waals surface area contributed by atoms with E-state index < -0.39 is 0 Å². The van der Waals surface area contributed by atoms with E-state index in [2.05, 4.69) is 42.7 Å². The molecule has 0 spiro atoms. The Hall–Kier alpha value is -1.97. The van der Waals surface area contributed by atoms with Gasteiger partial charge in [-0.25, -0.2) is 4.99 Å². The largest absolute Gasteiger partial charge is 0.372 e. The van der Waals surface area contributed by atoms with Crippen molar-refractivity contribution >= 4 is 11.6 Å². The van der Waals surface area contributed by atoms with Crippen LogP contribution in [0, 0.1) is 0 Å². The highest BCUT2D eigenvalue weighted by Gasteiger charge is 2.26. The summed E-state index contributed by atoms with van der Waals surface area (Å²) in [5.74, 6) is 0.540. The van der Waals surface area contributed by atoms with Crippen LogP contribution in [0.2, 0.25) is 0 Å². The van der Waals surface area contributed by atoms with Gasteiger partial charge in [0.15, 0.2) is 5.96 Å². The number of benzene rings is 1. The van der Waals surface area contributed by atoms with Gasteiger partial charge in [0.25, 0.3) is 0 Å². The Balaban J connectivity index is 2.35. The van der Waals surface area contributed by atoms with Crippen molar-refractivity contribution in [2.24, 2.45) is 10.7 Å². The minimum atomic E-state index is -0.387. The van der Waals surface area contributed by atoms with Crippen LogP contribution in [0.1, 0.15) is 38.2 Å². The van der Waals surface area contributed by atoms with Crippen molar-refractivity contribution in [2.75, 3.05) is 32.1 Å². The van der Waals surface area contributed by atoms with Gasteiger partial charge in [0.1, 0.15) is 0 Å². The summed E-state index contributed by atoms with van der Waals surface area (Å²) in [5.41, 5.74) is 8.17. The predicted molar refractivity (Wildman–Crippen MR) is 100.0 cm³/mol. The standard InChI is InChI=1S/C19H30N4/c1-5-12-19(2,21-18(20)22(3)4)16-10-9-11-17(15-16)23-13-7-6-8-14-23/h5,9-11,15H,1,6-8,12-14H2,2-4H3,(H2,20,21)/t19-/m0/s1. The average molecular weight is 314 g/mol. The molecule has 23 heavy (non-hydrogen) atoms. The number of nitrogens with two attached hydrogens (primary N) is 1. The summed E-state index contributed by atoms with van der Waals surface area (Å²) in [4.78, 5) is 9.10. The lowest BCUT2D eigenvalue weighted by Crippen LogP contribution is -2.34. The molecule has 1 atom stereocenters. The van der Waals surface area contributed by atoms with Gasteiger partial charge in [-0.15, -0.1) is 6.58 Å². The Kier molecular flexibility index (Phi) is 5.69. The molecule has 0 bridgehead atoms. The number of rotatable bonds is 5. The molecule has 126 valence electrons. The summed E-state index contributed by atoms with van der Waals surface area (Å²) in [6.45, 7) is 8.31. The lowest BCUT2D eigenvalue weighted by atomic mass is 9.88. The highest BCUT2D eigenvalue weighted by Crippen LogP contribution is 2.33. The smallest absolute Gasteiger partial charge is 0.191 e. The van der Waals surface area contributed by atoms with Gasteiger partial charge in [-0.2, -0.15) is 0 Å². The molecule has 1 heterocycles. The highest BCUT2D eigenvalue weighted by molar-refractivity contribution is 5.78. The molecule has 1 aliphatic rings. The van der Waals surface area contributed by atoms with E-state index >= 15 is 0 Å². The fourth-order valence-electron chi connectivity index (χ4n) is 3.05. The van der Waals surface area contributed by atoms with E-state index in [1.54, 1.807) is 0 Å². The summed E-state index contributed by atoms with van der Waals surface area (Å²) in [6.07, 6.45) is 6.57. The fraction of sp³-hybridized carbons (Fsp3) is 0.526. The van der Waals surface area contributed by atoms with Crippen LogP contribution in [0.5, 0.6) is 0 Å². The molecule has 0 aliphatic carbocycles. The second-order valence-electron chi connectivity index (χ2n) is 6.73. The number of nitrogens with zero attached hydrogens (tertiary/aromatic N) is 3. The van der Waals surface area contributed by atoms with Crippen molar-refractivity contribution in [1.82, 2.24) is 4.90 Å². The maximum Gasteiger partial charge on any atom is 0.191 e. The lowest BCUT2D eigenvalue weighted by molar-refractivity contribution is 0.486. The average Bonchev–Trinajstić information content (AvgIpc) is 2.56. The molecular formula is C19H30N4. The Labute approximate surface area is 140 Å². The highest BCUT2D eigenvalue weighted by atomic mass is 15.2. The molecule has 4 nitrogen and oxygen atoms in total. The lowest BCUT2D eigenvalue weighted by Gasteiger charge is -2.31. The maximum absolute atomic E-state index is 6.08. The molecule has 2 N–H and O–H groups in total. The fourth-order valence-corrected chi connectivity index (χ4v) is 3.05. The number of hydrogen-bond donors (Lipinski definition) is 1. The van der Waals surface area contributed by atoms with Crippen molar-refractivity contribution in [2.45, 2.75) is 38.1 Å². The van der Waals surface area contributed by atoms with Crippen molar-refractivity contribution in [1.29, 1.82) is 0 Å². The second kappa shape index (κ2) is 7.53. The molecule has 1 fully saturated rings. The molecule has 0 radical (unpaired) electrons. The molecule has 1 aromatic carbocycles. The zero-order valence-electron chi connectivity index (χ0n) is 14.8. The van der Waals surface area contributed by atoms with E-state index in [1.165, 1.54) is 30.5 Å². The second-order valence-corrected chi connectivity index (χ2v) is 6.73. The SMILES string of the molecule is C=CC[C@](C)(N=C(N)N(C)C)c1cccc(N2CCCCC2)c1.